The van der Waals surface area contributed by atoms with E-state index in [1.165, 1.54) is 18.2 Å². The Morgan fingerprint density at radius 2 is 2.00 bits per heavy atom. The number of ether oxygens (including phenoxy) is 2. The first-order valence-corrected chi connectivity index (χ1v) is 7.96. The van der Waals surface area contributed by atoms with Crippen LogP contribution >= 0.6 is 0 Å². The van der Waals surface area contributed by atoms with Gasteiger partial charge in [-0.05, 0) is 24.6 Å². The molecule has 2 rings (SSSR count). The Morgan fingerprint density at radius 1 is 1.24 bits per heavy atom. The summed E-state index contributed by atoms with van der Waals surface area (Å²) in [6.07, 6.45) is 0.716. The number of carbonyl (C=O) groups is 1. The van der Waals surface area contributed by atoms with Crippen LogP contribution in [0.5, 0.6) is 0 Å². The van der Waals surface area contributed by atoms with Crippen LogP contribution in [0.1, 0.15) is 16.8 Å². The lowest BCUT2D eigenvalue weighted by Gasteiger charge is -2.14. The first-order chi connectivity index (χ1) is 9.98. The van der Waals surface area contributed by atoms with Crippen molar-refractivity contribution in [3.63, 3.8) is 0 Å². The van der Waals surface area contributed by atoms with Gasteiger partial charge in [0.15, 0.2) is 0 Å². The molecule has 0 fully saturated rings. The summed E-state index contributed by atoms with van der Waals surface area (Å²) in [4.78, 5) is 12.1. The number of sulfonamides is 1. The molecule has 1 amide bonds. The molecule has 0 saturated heterocycles. The van der Waals surface area contributed by atoms with Gasteiger partial charge < -0.3 is 15.2 Å². The number of amides is 1. The quantitative estimate of drug-likeness (QED) is 0.580. The van der Waals surface area contributed by atoms with Crippen LogP contribution in [-0.2, 0) is 19.5 Å². The minimum Gasteiger partial charge on any atom is -0.399 e. The van der Waals surface area contributed by atoms with Gasteiger partial charge >= 0.3 is 0 Å². The molecule has 7 nitrogen and oxygen atoms in total. The second-order valence-corrected chi connectivity index (χ2v) is 6.43. The van der Waals surface area contributed by atoms with Gasteiger partial charge in [-0.3, -0.25) is 4.79 Å². The molecule has 116 valence electrons. The topological polar surface area (TPSA) is 98.9 Å². The molecule has 1 heterocycles. The van der Waals surface area contributed by atoms with Gasteiger partial charge in [0.2, 0.25) is 0 Å². The second kappa shape index (κ2) is 6.42. The van der Waals surface area contributed by atoms with Crippen LogP contribution in [0.15, 0.2) is 23.1 Å². The van der Waals surface area contributed by atoms with Crippen molar-refractivity contribution < 1.29 is 22.7 Å². The van der Waals surface area contributed by atoms with E-state index in [0.717, 1.165) is 4.31 Å². The standard InChI is InChI=1S/C13H18N2O5S/c1-19-6-2-7-20-8-5-15-13(16)11-4-3-10(14)9-12(11)21(15,17)18/h3-4,9H,2,5-8,14H2,1H3. The Bertz CT molecular complexity index is 629. The fourth-order valence-electron chi connectivity index (χ4n) is 2.07. The van der Waals surface area contributed by atoms with Crippen molar-refractivity contribution in [2.75, 3.05) is 39.2 Å². The molecule has 1 aliphatic rings. The first-order valence-electron chi connectivity index (χ1n) is 6.51. The summed E-state index contributed by atoms with van der Waals surface area (Å²) in [6.45, 7) is 1.17. The van der Waals surface area contributed by atoms with Crippen molar-refractivity contribution in [3.8, 4) is 0 Å². The molecule has 0 radical (unpaired) electrons. The van der Waals surface area contributed by atoms with E-state index in [2.05, 4.69) is 0 Å². The predicted molar refractivity (Wildman–Crippen MR) is 76.4 cm³/mol. The molecular formula is C13H18N2O5S. The maximum atomic E-state index is 12.3. The SMILES string of the molecule is COCCCOCCN1C(=O)c2ccc(N)cc2S1(=O)=O. The van der Waals surface area contributed by atoms with Gasteiger partial charge in [0.1, 0.15) is 4.90 Å². The number of rotatable bonds is 7. The fourth-order valence-corrected chi connectivity index (χ4v) is 3.66. The predicted octanol–water partition coefficient (Wildman–Crippen LogP) is 0.466. The van der Waals surface area contributed by atoms with Crippen LogP contribution in [0.3, 0.4) is 0 Å². The zero-order valence-electron chi connectivity index (χ0n) is 11.7. The molecule has 2 N–H and O–H groups in total. The molecule has 1 aliphatic heterocycles. The van der Waals surface area contributed by atoms with Crippen molar-refractivity contribution in [3.05, 3.63) is 23.8 Å². The third-order valence-corrected chi connectivity index (χ3v) is 4.93. The lowest BCUT2D eigenvalue weighted by molar-refractivity contribution is 0.0756. The maximum Gasteiger partial charge on any atom is 0.269 e. The molecule has 0 atom stereocenters. The number of anilines is 1. The number of nitrogens with zero attached hydrogens (tertiary/aromatic N) is 1. The molecule has 0 aromatic heterocycles. The van der Waals surface area contributed by atoms with Gasteiger partial charge in [-0.15, -0.1) is 0 Å². The molecule has 1 aromatic carbocycles. The van der Waals surface area contributed by atoms with Gasteiger partial charge in [0.05, 0.1) is 18.7 Å². The molecule has 0 aliphatic carbocycles. The second-order valence-electron chi connectivity index (χ2n) is 4.60. The van der Waals surface area contributed by atoms with Gasteiger partial charge in [0, 0.05) is 26.0 Å². The van der Waals surface area contributed by atoms with Crippen LogP contribution in [0.25, 0.3) is 0 Å². The van der Waals surface area contributed by atoms with E-state index >= 15 is 0 Å². The summed E-state index contributed by atoms with van der Waals surface area (Å²) < 4.78 is 35.6. The smallest absolute Gasteiger partial charge is 0.269 e. The van der Waals surface area contributed by atoms with E-state index < -0.39 is 15.9 Å². The largest absolute Gasteiger partial charge is 0.399 e. The Morgan fingerprint density at radius 3 is 2.71 bits per heavy atom. The average Bonchev–Trinajstić information content (AvgIpc) is 2.62. The number of fused-ring (bicyclic) bond motifs is 1. The molecule has 8 heteroatoms. The normalized spacial score (nSPS) is 16.2. The van der Waals surface area contributed by atoms with Gasteiger partial charge in [-0.25, -0.2) is 12.7 Å². The first kappa shape index (κ1) is 15.7. The summed E-state index contributed by atoms with van der Waals surface area (Å²) in [5.74, 6) is -0.537. The van der Waals surface area contributed by atoms with E-state index in [-0.39, 0.29) is 23.6 Å². The Kier molecular flexibility index (Phi) is 4.81. The summed E-state index contributed by atoms with van der Waals surface area (Å²) in [7, 11) is -2.22. The van der Waals surface area contributed by atoms with E-state index in [1.807, 2.05) is 0 Å². The highest BCUT2D eigenvalue weighted by molar-refractivity contribution is 7.90. The third-order valence-electron chi connectivity index (χ3n) is 3.11. The Hall–Kier alpha value is -1.64. The maximum absolute atomic E-state index is 12.3. The zero-order chi connectivity index (χ0) is 15.5. The summed E-state index contributed by atoms with van der Waals surface area (Å²) >= 11 is 0. The van der Waals surface area contributed by atoms with Gasteiger partial charge in [-0.2, -0.15) is 0 Å². The highest BCUT2D eigenvalue weighted by Crippen LogP contribution is 2.31. The highest BCUT2D eigenvalue weighted by atomic mass is 32.2. The lowest BCUT2D eigenvalue weighted by atomic mass is 10.2. The highest BCUT2D eigenvalue weighted by Gasteiger charge is 2.40. The van der Waals surface area contributed by atoms with E-state index in [4.69, 9.17) is 15.2 Å². The number of carbonyl (C=O) groups excluding carboxylic acids is 1. The van der Waals surface area contributed by atoms with Gasteiger partial charge in [0.25, 0.3) is 15.9 Å². The number of methoxy groups -OCH3 is 1. The van der Waals surface area contributed by atoms with Gasteiger partial charge in [-0.1, -0.05) is 0 Å². The van der Waals surface area contributed by atoms with E-state index in [1.54, 1.807) is 7.11 Å². The molecule has 0 saturated carbocycles. The third kappa shape index (κ3) is 3.17. The minimum atomic E-state index is -3.82. The number of nitrogen functional groups attached to an aromatic ring is 1. The van der Waals surface area contributed by atoms with E-state index in [9.17, 15) is 13.2 Å². The summed E-state index contributed by atoms with van der Waals surface area (Å²) in [5.41, 5.74) is 6.04. The number of nitrogens with two attached hydrogens (primary N) is 1. The Balaban J connectivity index is 2.01. The van der Waals surface area contributed by atoms with Crippen LogP contribution in [-0.4, -0.2) is 52.1 Å². The lowest BCUT2D eigenvalue weighted by Crippen LogP contribution is -2.33. The molecule has 1 aromatic rings. The molecular weight excluding hydrogens is 296 g/mol. The van der Waals surface area contributed by atoms with Crippen LogP contribution < -0.4 is 5.73 Å². The van der Waals surface area contributed by atoms with Crippen molar-refractivity contribution >= 4 is 21.6 Å². The van der Waals surface area contributed by atoms with Crippen molar-refractivity contribution in [1.82, 2.24) is 4.31 Å². The average molecular weight is 314 g/mol. The number of hydrogen-bond acceptors (Lipinski definition) is 6. The van der Waals surface area contributed by atoms with E-state index in [0.29, 0.717) is 25.3 Å². The van der Waals surface area contributed by atoms with Crippen LogP contribution in [0.2, 0.25) is 0 Å². The Labute approximate surface area is 123 Å². The van der Waals surface area contributed by atoms with Crippen LogP contribution in [0, 0.1) is 0 Å². The minimum absolute atomic E-state index is 0.0112. The van der Waals surface area contributed by atoms with Crippen molar-refractivity contribution in [2.24, 2.45) is 0 Å². The molecule has 21 heavy (non-hydrogen) atoms. The zero-order valence-corrected chi connectivity index (χ0v) is 12.6. The molecule has 0 spiro atoms. The van der Waals surface area contributed by atoms with Crippen LogP contribution in [0.4, 0.5) is 5.69 Å². The molecule has 0 bridgehead atoms. The monoisotopic (exact) mass is 314 g/mol. The summed E-state index contributed by atoms with van der Waals surface area (Å²) in [5, 5.41) is 0. The molecule has 0 unspecified atom stereocenters. The van der Waals surface area contributed by atoms with Crippen molar-refractivity contribution in [1.29, 1.82) is 0 Å². The number of benzene rings is 1. The summed E-state index contributed by atoms with van der Waals surface area (Å²) in [6, 6.07) is 4.25. The fraction of sp³-hybridized carbons (Fsp3) is 0.462. The van der Waals surface area contributed by atoms with Crippen molar-refractivity contribution in [2.45, 2.75) is 11.3 Å². The number of hydrogen-bond donors (Lipinski definition) is 1.